The number of ether oxygens (including phenoxy) is 1. The van der Waals surface area contributed by atoms with Gasteiger partial charge in [-0.05, 0) is 6.42 Å². The average molecular weight is 170 g/mol. The molecule has 0 spiro atoms. The quantitative estimate of drug-likeness (QED) is 0.586. The Hall–Kier alpha value is -0.770. The zero-order valence-electron chi connectivity index (χ0n) is 7.44. The number of rotatable bonds is 1. The Morgan fingerprint density at radius 2 is 2.33 bits per heavy atom. The van der Waals surface area contributed by atoms with Crippen molar-refractivity contribution in [2.24, 2.45) is 5.41 Å². The third kappa shape index (κ3) is 0.843. The van der Waals surface area contributed by atoms with E-state index < -0.39 is 0 Å². The normalized spacial score (nSPS) is 43.5. The van der Waals surface area contributed by atoms with Crippen molar-refractivity contribution in [2.45, 2.75) is 18.9 Å². The van der Waals surface area contributed by atoms with Gasteiger partial charge in [0.1, 0.15) is 5.60 Å². The highest BCUT2D eigenvalue weighted by Gasteiger charge is 2.70. The van der Waals surface area contributed by atoms with Gasteiger partial charge in [0, 0.05) is 25.6 Å². The molecule has 2 fully saturated rings. The van der Waals surface area contributed by atoms with E-state index in [9.17, 15) is 4.79 Å². The summed E-state index contributed by atoms with van der Waals surface area (Å²) < 4.78 is 5.31. The van der Waals surface area contributed by atoms with E-state index in [2.05, 4.69) is 17.6 Å². The lowest BCUT2D eigenvalue weighted by Gasteiger charge is -2.14. The van der Waals surface area contributed by atoms with Crippen LogP contribution in [-0.4, -0.2) is 31.8 Å². The van der Waals surface area contributed by atoms with E-state index in [1.807, 2.05) is 0 Å². The Bertz CT molecular complexity index is 227. The topological polar surface area (TPSA) is 50.4 Å². The van der Waals surface area contributed by atoms with E-state index >= 15 is 0 Å². The summed E-state index contributed by atoms with van der Waals surface area (Å²) in [6.45, 7) is 3.91. The number of piperidine rings is 1. The molecular weight excluding hydrogens is 156 g/mol. The van der Waals surface area contributed by atoms with Crippen molar-refractivity contribution in [3.05, 3.63) is 0 Å². The molecule has 2 rings (SSSR count). The van der Waals surface area contributed by atoms with Crippen LogP contribution in [0.25, 0.3) is 0 Å². The third-order valence-corrected chi connectivity index (χ3v) is 3.07. The van der Waals surface area contributed by atoms with E-state index in [0.717, 1.165) is 19.5 Å². The van der Waals surface area contributed by atoms with Crippen LogP contribution in [0.5, 0.6) is 0 Å². The second kappa shape index (κ2) is 2.13. The van der Waals surface area contributed by atoms with Crippen LogP contribution in [0.3, 0.4) is 0 Å². The van der Waals surface area contributed by atoms with Gasteiger partial charge in [-0.2, -0.15) is 0 Å². The van der Waals surface area contributed by atoms with Crippen LogP contribution >= 0.6 is 0 Å². The van der Waals surface area contributed by atoms with Gasteiger partial charge in [0.25, 0.3) is 0 Å². The van der Waals surface area contributed by atoms with Gasteiger partial charge in [-0.15, -0.1) is 0 Å². The summed E-state index contributed by atoms with van der Waals surface area (Å²) in [6, 6.07) is 0. The lowest BCUT2D eigenvalue weighted by atomic mass is 10.1. The molecule has 2 unspecified atom stereocenters. The van der Waals surface area contributed by atoms with Crippen LogP contribution in [-0.2, 0) is 4.74 Å². The number of carbonyl (C=O) groups excluding carboxylic acids is 1. The van der Waals surface area contributed by atoms with Gasteiger partial charge in [0.05, 0.1) is 0 Å². The Morgan fingerprint density at radius 3 is 2.75 bits per heavy atom. The molecule has 2 atom stereocenters. The first-order valence-electron chi connectivity index (χ1n) is 4.23. The fourth-order valence-electron chi connectivity index (χ4n) is 2.05. The molecule has 2 N–H and O–H groups in total. The van der Waals surface area contributed by atoms with Gasteiger partial charge >= 0.3 is 6.09 Å². The van der Waals surface area contributed by atoms with Crippen LogP contribution in [0, 0.1) is 5.41 Å². The monoisotopic (exact) mass is 170 g/mol. The number of fused-ring (bicyclic) bond motifs is 1. The fourth-order valence-corrected chi connectivity index (χ4v) is 2.05. The average Bonchev–Trinajstić information content (AvgIpc) is 2.45. The van der Waals surface area contributed by atoms with Gasteiger partial charge in [0.15, 0.2) is 0 Å². The Balaban J connectivity index is 2.01. The van der Waals surface area contributed by atoms with Gasteiger partial charge < -0.3 is 15.4 Å². The first-order valence-corrected chi connectivity index (χ1v) is 4.23. The largest absolute Gasteiger partial charge is 0.441 e. The van der Waals surface area contributed by atoms with E-state index in [0.29, 0.717) is 0 Å². The lowest BCUT2D eigenvalue weighted by Crippen LogP contribution is -2.32. The second-order valence-corrected chi connectivity index (χ2v) is 3.97. The van der Waals surface area contributed by atoms with Crippen LogP contribution in [0.15, 0.2) is 0 Å². The highest BCUT2D eigenvalue weighted by Crippen LogP contribution is 2.60. The van der Waals surface area contributed by atoms with Crippen LogP contribution in [0.1, 0.15) is 13.3 Å². The van der Waals surface area contributed by atoms with Crippen LogP contribution < -0.4 is 10.6 Å². The lowest BCUT2D eigenvalue weighted by molar-refractivity contribution is 0.0765. The van der Waals surface area contributed by atoms with E-state index in [1.54, 1.807) is 7.05 Å². The second-order valence-electron chi connectivity index (χ2n) is 3.97. The molecule has 0 aromatic carbocycles. The highest BCUT2D eigenvalue weighted by atomic mass is 16.6. The summed E-state index contributed by atoms with van der Waals surface area (Å²) in [5, 5.41) is 5.70. The van der Waals surface area contributed by atoms with Gasteiger partial charge in [-0.1, -0.05) is 6.92 Å². The number of amides is 1. The van der Waals surface area contributed by atoms with Crippen LogP contribution in [0.4, 0.5) is 4.79 Å². The molecular formula is C8H14N2O2. The van der Waals surface area contributed by atoms with Crippen LogP contribution in [0.2, 0.25) is 0 Å². The summed E-state index contributed by atoms with van der Waals surface area (Å²) in [4.78, 5) is 11.0. The summed E-state index contributed by atoms with van der Waals surface area (Å²) in [6.07, 6.45) is 0.683. The molecule has 1 saturated heterocycles. The Labute approximate surface area is 71.7 Å². The van der Waals surface area contributed by atoms with Crippen molar-refractivity contribution in [3.63, 3.8) is 0 Å². The molecule has 4 heteroatoms. The highest BCUT2D eigenvalue weighted by molar-refractivity contribution is 5.68. The number of alkyl carbamates (subject to hydrolysis) is 1. The zero-order valence-corrected chi connectivity index (χ0v) is 7.44. The molecule has 1 aliphatic heterocycles. The van der Waals surface area contributed by atoms with Crippen molar-refractivity contribution in [2.75, 3.05) is 20.1 Å². The minimum absolute atomic E-state index is 0.194. The summed E-state index contributed by atoms with van der Waals surface area (Å²) in [5.74, 6) is 0. The van der Waals surface area contributed by atoms with Crippen molar-refractivity contribution >= 4 is 6.09 Å². The number of nitrogens with one attached hydrogen (secondary N) is 2. The Morgan fingerprint density at radius 1 is 1.58 bits per heavy atom. The summed E-state index contributed by atoms with van der Waals surface area (Å²) in [7, 11) is 1.58. The van der Waals surface area contributed by atoms with Gasteiger partial charge in [-0.25, -0.2) is 4.79 Å². The summed E-state index contributed by atoms with van der Waals surface area (Å²) in [5.41, 5.74) is -0.00734. The molecule has 2 aliphatic rings. The predicted molar refractivity (Wildman–Crippen MR) is 43.9 cm³/mol. The molecule has 0 radical (unpaired) electrons. The Kier molecular flexibility index (Phi) is 1.39. The van der Waals surface area contributed by atoms with E-state index in [4.69, 9.17) is 4.74 Å². The van der Waals surface area contributed by atoms with Crippen molar-refractivity contribution < 1.29 is 9.53 Å². The SMILES string of the molecule is CNC(=O)OC12CNCC1(C)C2. The number of carbonyl (C=O) groups is 1. The van der Waals surface area contributed by atoms with Gasteiger partial charge in [0.2, 0.25) is 0 Å². The molecule has 1 amide bonds. The van der Waals surface area contributed by atoms with E-state index in [1.165, 1.54) is 0 Å². The minimum atomic E-state index is -0.317. The first-order chi connectivity index (χ1) is 5.62. The number of hydrogen-bond donors (Lipinski definition) is 2. The summed E-state index contributed by atoms with van der Waals surface area (Å²) >= 11 is 0. The molecule has 0 aromatic rings. The molecule has 0 aromatic heterocycles. The molecule has 0 bridgehead atoms. The predicted octanol–water partition coefficient (Wildman–Crippen LogP) is 0.0944. The van der Waals surface area contributed by atoms with Crippen molar-refractivity contribution in [3.8, 4) is 0 Å². The van der Waals surface area contributed by atoms with Crippen molar-refractivity contribution in [1.82, 2.24) is 10.6 Å². The molecule has 4 nitrogen and oxygen atoms in total. The van der Waals surface area contributed by atoms with Crippen molar-refractivity contribution in [1.29, 1.82) is 0 Å². The third-order valence-electron chi connectivity index (χ3n) is 3.07. The first kappa shape index (κ1) is 7.86. The zero-order chi connectivity index (χ0) is 8.82. The number of hydrogen-bond acceptors (Lipinski definition) is 3. The molecule has 1 aliphatic carbocycles. The maximum atomic E-state index is 11.0. The van der Waals surface area contributed by atoms with Gasteiger partial charge in [-0.3, -0.25) is 0 Å². The molecule has 1 heterocycles. The maximum absolute atomic E-state index is 11.0. The molecule has 68 valence electrons. The maximum Gasteiger partial charge on any atom is 0.407 e. The minimum Gasteiger partial charge on any atom is -0.441 e. The smallest absolute Gasteiger partial charge is 0.407 e. The molecule has 1 saturated carbocycles. The van der Waals surface area contributed by atoms with E-state index in [-0.39, 0.29) is 17.1 Å². The standard InChI is InChI=1S/C8H14N2O2/c1-7-3-8(7,5-10-4-7)12-6(11)9-2/h10H,3-5H2,1-2H3,(H,9,11). The molecule has 12 heavy (non-hydrogen) atoms. The fraction of sp³-hybridized carbons (Fsp3) is 0.875.